The maximum absolute atomic E-state index is 11.9. The Morgan fingerprint density at radius 1 is 1.12 bits per heavy atom. The summed E-state index contributed by atoms with van der Waals surface area (Å²) < 4.78 is 0. The molecule has 0 amide bonds. The van der Waals surface area contributed by atoms with E-state index in [0.717, 1.165) is 43.9 Å². The lowest BCUT2D eigenvalue weighted by molar-refractivity contribution is -0.135. The van der Waals surface area contributed by atoms with Crippen molar-refractivity contribution in [2.24, 2.45) is 35.0 Å². The van der Waals surface area contributed by atoms with Gasteiger partial charge in [0, 0.05) is 11.8 Å². The molecule has 0 heterocycles. The van der Waals surface area contributed by atoms with Crippen LogP contribution < -0.4 is 0 Å². The second-order valence-electron chi connectivity index (χ2n) is 9.30. The molecule has 134 valence electrons. The van der Waals surface area contributed by atoms with E-state index in [-0.39, 0.29) is 5.41 Å². The highest BCUT2D eigenvalue weighted by Gasteiger charge is 2.63. The number of rotatable bonds is 2. The van der Waals surface area contributed by atoms with Crippen molar-refractivity contribution in [3.05, 3.63) is 11.6 Å². The molecule has 0 aromatic heterocycles. The molecular weight excluding hydrogens is 296 g/mol. The first-order chi connectivity index (χ1) is 11.5. The largest absolute Gasteiger partial charge is 0.389 e. The van der Waals surface area contributed by atoms with E-state index in [4.69, 9.17) is 0 Å². The standard InChI is InChI=1S/C22H34O2/c1-4-21-10-8-17-16-7-6-15(23)13-18(16)14(3)12-19(17)20(21)9-11-22(21,24)5-2/h13-14,16-17,19-20,24H,4-12H2,1-3H3/t14-,16+,17+,19+,20-,21-,22-/m0/s1. The van der Waals surface area contributed by atoms with Crippen molar-refractivity contribution in [2.75, 3.05) is 0 Å². The number of fused-ring (bicyclic) bond motifs is 5. The van der Waals surface area contributed by atoms with Crippen molar-refractivity contribution in [3.8, 4) is 0 Å². The van der Waals surface area contributed by atoms with E-state index in [9.17, 15) is 9.90 Å². The van der Waals surface area contributed by atoms with Gasteiger partial charge in [0.25, 0.3) is 0 Å². The monoisotopic (exact) mass is 330 g/mol. The van der Waals surface area contributed by atoms with E-state index >= 15 is 0 Å². The molecule has 0 aromatic carbocycles. The molecule has 7 atom stereocenters. The lowest BCUT2D eigenvalue weighted by Gasteiger charge is -2.58. The predicted octanol–water partition coefficient (Wildman–Crippen LogP) is 4.91. The van der Waals surface area contributed by atoms with Crippen molar-refractivity contribution >= 4 is 5.78 Å². The number of allylic oxidation sites excluding steroid dienone is 1. The second kappa shape index (κ2) is 5.69. The van der Waals surface area contributed by atoms with Crippen LogP contribution in [0.15, 0.2) is 11.6 Å². The molecule has 0 radical (unpaired) electrons. The third kappa shape index (κ3) is 2.08. The summed E-state index contributed by atoms with van der Waals surface area (Å²) >= 11 is 0. The lowest BCUT2D eigenvalue weighted by atomic mass is 9.48. The third-order valence-corrected chi connectivity index (χ3v) is 8.88. The average molecular weight is 331 g/mol. The minimum Gasteiger partial charge on any atom is -0.389 e. The van der Waals surface area contributed by atoms with Crippen LogP contribution in [-0.4, -0.2) is 16.5 Å². The zero-order valence-corrected chi connectivity index (χ0v) is 15.7. The summed E-state index contributed by atoms with van der Waals surface area (Å²) in [5.74, 6) is 3.80. The molecule has 4 rings (SSSR count). The molecule has 4 aliphatic carbocycles. The topological polar surface area (TPSA) is 37.3 Å². The number of carbonyl (C=O) groups is 1. The van der Waals surface area contributed by atoms with E-state index in [1.165, 1.54) is 31.3 Å². The van der Waals surface area contributed by atoms with E-state index in [0.29, 0.717) is 23.5 Å². The average Bonchev–Trinajstić information content (AvgIpc) is 2.89. The molecule has 0 aliphatic heterocycles. The van der Waals surface area contributed by atoms with Crippen molar-refractivity contribution < 1.29 is 9.90 Å². The molecule has 24 heavy (non-hydrogen) atoms. The summed E-state index contributed by atoms with van der Waals surface area (Å²) in [5.41, 5.74) is 1.20. The maximum Gasteiger partial charge on any atom is 0.155 e. The van der Waals surface area contributed by atoms with Gasteiger partial charge in [0.1, 0.15) is 0 Å². The molecule has 0 bridgehead atoms. The van der Waals surface area contributed by atoms with Gasteiger partial charge < -0.3 is 5.11 Å². The Balaban J connectivity index is 1.69. The molecule has 2 heteroatoms. The summed E-state index contributed by atoms with van der Waals surface area (Å²) in [4.78, 5) is 11.9. The van der Waals surface area contributed by atoms with Crippen LogP contribution in [0.5, 0.6) is 0 Å². The molecular formula is C22H34O2. The fourth-order valence-corrected chi connectivity index (χ4v) is 7.72. The molecule has 0 saturated heterocycles. The van der Waals surface area contributed by atoms with Gasteiger partial charge in [-0.15, -0.1) is 0 Å². The van der Waals surface area contributed by atoms with Crippen molar-refractivity contribution in [2.45, 2.75) is 84.2 Å². The van der Waals surface area contributed by atoms with Crippen molar-refractivity contribution in [1.82, 2.24) is 0 Å². The van der Waals surface area contributed by atoms with Crippen molar-refractivity contribution in [3.63, 3.8) is 0 Å². The van der Waals surface area contributed by atoms with E-state index in [1.807, 2.05) is 6.08 Å². The first kappa shape index (κ1) is 16.8. The predicted molar refractivity (Wildman–Crippen MR) is 96.5 cm³/mol. The van der Waals surface area contributed by atoms with Gasteiger partial charge in [-0.2, -0.15) is 0 Å². The second-order valence-corrected chi connectivity index (χ2v) is 9.30. The van der Waals surface area contributed by atoms with E-state index in [1.54, 1.807) is 0 Å². The fraction of sp³-hybridized carbons (Fsp3) is 0.864. The molecule has 3 fully saturated rings. The highest BCUT2D eigenvalue weighted by Crippen LogP contribution is 2.67. The third-order valence-electron chi connectivity index (χ3n) is 8.88. The first-order valence-electron chi connectivity index (χ1n) is 10.4. The van der Waals surface area contributed by atoms with Gasteiger partial charge in [-0.25, -0.2) is 0 Å². The molecule has 4 aliphatic rings. The van der Waals surface area contributed by atoms with Gasteiger partial charge >= 0.3 is 0 Å². The smallest absolute Gasteiger partial charge is 0.155 e. The Kier molecular flexibility index (Phi) is 3.99. The minimum absolute atomic E-state index is 0.161. The number of ketones is 1. The zero-order chi connectivity index (χ0) is 17.1. The molecule has 3 saturated carbocycles. The summed E-state index contributed by atoms with van der Waals surface area (Å²) in [7, 11) is 0. The number of carbonyl (C=O) groups excluding carboxylic acids is 1. The van der Waals surface area contributed by atoms with Gasteiger partial charge in [-0.1, -0.05) is 26.3 Å². The van der Waals surface area contributed by atoms with Crippen LogP contribution in [0.4, 0.5) is 0 Å². The highest BCUT2D eigenvalue weighted by atomic mass is 16.3. The molecule has 2 nitrogen and oxygen atoms in total. The maximum atomic E-state index is 11.9. The van der Waals surface area contributed by atoms with Crippen LogP contribution >= 0.6 is 0 Å². The van der Waals surface area contributed by atoms with E-state index < -0.39 is 5.60 Å². The van der Waals surface area contributed by atoms with Crippen LogP contribution in [0.3, 0.4) is 0 Å². The summed E-state index contributed by atoms with van der Waals surface area (Å²) in [6, 6.07) is 0. The summed E-state index contributed by atoms with van der Waals surface area (Å²) in [6.45, 7) is 6.84. The molecule has 0 aromatic rings. The molecule has 0 spiro atoms. The normalized spacial score (nSPS) is 50.8. The minimum atomic E-state index is -0.431. The highest BCUT2D eigenvalue weighted by molar-refractivity contribution is 5.91. The Morgan fingerprint density at radius 3 is 2.62 bits per heavy atom. The SMILES string of the molecule is CC[C@]1(O)CC[C@H]2[C@@H]3C[C@H](C)C4=CC(=O)CC[C@@H]4[C@H]3CC[C@@]21CC. The van der Waals surface area contributed by atoms with Crippen molar-refractivity contribution in [1.29, 1.82) is 0 Å². The number of aliphatic hydroxyl groups is 1. The van der Waals surface area contributed by atoms with Gasteiger partial charge in [-0.05, 0) is 87.0 Å². The van der Waals surface area contributed by atoms with Gasteiger partial charge in [0.05, 0.1) is 5.60 Å². The van der Waals surface area contributed by atoms with Gasteiger partial charge in [0.15, 0.2) is 5.78 Å². The van der Waals surface area contributed by atoms with Crippen LogP contribution in [0.25, 0.3) is 0 Å². The van der Waals surface area contributed by atoms with Gasteiger partial charge in [0.2, 0.25) is 0 Å². The summed E-state index contributed by atoms with van der Waals surface area (Å²) in [6.07, 6.45) is 11.8. The number of hydrogen-bond donors (Lipinski definition) is 1. The van der Waals surface area contributed by atoms with Crippen LogP contribution in [-0.2, 0) is 4.79 Å². The van der Waals surface area contributed by atoms with Gasteiger partial charge in [-0.3, -0.25) is 4.79 Å². The summed E-state index contributed by atoms with van der Waals surface area (Å²) in [5, 5.41) is 11.4. The van der Waals surface area contributed by atoms with Crippen LogP contribution in [0.2, 0.25) is 0 Å². The fourth-order valence-electron chi connectivity index (χ4n) is 7.72. The molecule has 1 N–H and O–H groups in total. The van der Waals surface area contributed by atoms with Crippen LogP contribution in [0, 0.1) is 35.0 Å². The zero-order valence-electron chi connectivity index (χ0n) is 15.7. The Morgan fingerprint density at radius 2 is 1.92 bits per heavy atom. The van der Waals surface area contributed by atoms with E-state index in [2.05, 4.69) is 20.8 Å². The lowest BCUT2D eigenvalue weighted by Crippen LogP contribution is -2.54. The first-order valence-corrected chi connectivity index (χ1v) is 10.4. The Hall–Kier alpha value is -0.630. The van der Waals surface area contributed by atoms with Crippen LogP contribution in [0.1, 0.15) is 78.6 Å². The molecule has 0 unspecified atom stereocenters. The Bertz CT molecular complexity index is 564. The quantitative estimate of drug-likeness (QED) is 0.781. The Labute approximate surface area is 147 Å². The number of hydrogen-bond acceptors (Lipinski definition) is 2.